The number of amides is 2. The smallest absolute Gasteiger partial charge is 0.245 e. The fraction of sp³-hybridized carbons (Fsp3) is 0.875. The van der Waals surface area contributed by atoms with Crippen molar-refractivity contribution in [2.24, 2.45) is 5.92 Å². The second-order valence-electron chi connectivity index (χ2n) is 6.94. The molecule has 21 heavy (non-hydrogen) atoms. The van der Waals surface area contributed by atoms with Crippen LogP contribution in [-0.4, -0.2) is 47.6 Å². The molecular formula is C16H28N2O3. The highest BCUT2D eigenvalue weighted by molar-refractivity contribution is 5.90. The van der Waals surface area contributed by atoms with Crippen molar-refractivity contribution in [3.63, 3.8) is 0 Å². The third-order valence-electron chi connectivity index (χ3n) is 4.36. The maximum atomic E-state index is 12.8. The number of rotatable bonds is 4. The molecule has 2 aliphatic rings. The van der Waals surface area contributed by atoms with E-state index in [4.69, 9.17) is 4.74 Å². The number of carbonyl (C=O) groups is 2. The van der Waals surface area contributed by atoms with Crippen LogP contribution in [0.25, 0.3) is 0 Å². The molecule has 2 aliphatic heterocycles. The van der Waals surface area contributed by atoms with Gasteiger partial charge in [0.1, 0.15) is 6.04 Å². The first-order valence-corrected chi connectivity index (χ1v) is 8.12. The van der Waals surface area contributed by atoms with Gasteiger partial charge in [-0.1, -0.05) is 13.8 Å². The number of carbonyl (C=O) groups excluding carboxylic acids is 2. The van der Waals surface area contributed by atoms with Gasteiger partial charge in [0.2, 0.25) is 11.8 Å². The van der Waals surface area contributed by atoms with Crippen LogP contribution >= 0.6 is 0 Å². The second-order valence-corrected chi connectivity index (χ2v) is 6.94. The molecule has 0 saturated carbocycles. The van der Waals surface area contributed by atoms with E-state index >= 15 is 0 Å². The molecule has 0 spiro atoms. The number of hydrogen-bond donors (Lipinski definition) is 1. The lowest BCUT2D eigenvalue weighted by Gasteiger charge is -2.31. The molecule has 0 aromatic carbocycles. The molecule has 1 N–H and O–H groups in total. The molecule has 0 aliphatic carbocycles. The SMILES string of the molecule is CC(C)CC1NC(=O)CC(C)N(CC2CCC(C)O2)C1=O. The standard InChI is InChI=1S/C16H28N2O3/c1-10(2)7-14-16(20)18(11(3)8-15(19)17-14)9-13-6-5-12(4)21-13/h10-14H,5-9H2,1-4H3,(H,17,19). The molecule has 5 nitrogen and oxygen atoms in total. The van der Waals surface area contributed by atoms with Gasteiger partial charge in [0, 0.05) is 19.0 Å². The van der Waals surface area contributed by atoms with Crippen molar-refractivity contribution in [1.29, 1.82) is 0 Å². The summed E-state index contributed by atoms with van der Waals surface area (Å²) in [6.45, 7) is 8.77. The van der Waals surface area contributed by atoms with Crippen LogP contribution in [-0.2, 0) is 14.3 Å². The zero-order chi connectivity index (χ0) is 15.6. The van der Waals surface area contributed by atoms with E-state index in [1.807, 2.05) is 11.8 Å². The largest absolute Gasteiger partial charge is 0.373 e. The average molecular weight is 296 g/mol. The highest BCUT2D eigenvalue weighted by atomic mass is 16.5. The first-order chi connectivity index (χ1) is 9.86. The Labute approximate surface area is 127 Å². The van der Waals surface area contributed by atoms with Gasteiger partial charge in [0.05, 0.1) is 12.2 Å². The molecule has 2 rings (SSSR count). The van der Waals surface area contributed by atoms with Gasteiger partial charge >= 0.3 is 0 Å². The Morgan fingerprint density at radius 2 is 2.00 bits per heavy atom. The molecule has 120 valence electrons. The van der Waals surface area contributed by atoms with Crippen molar-refractivity contribution in [3.05, 3.63) is 0 Å². The molecule has 4 atom stereocenters. The van der Waals surface area contributed by atoms with Crippen molar-refractivity contribution in [2.75, 3.05) is 6.54 Å². The van der Waals surface area contributed by atoms with Crippen molar-refractivity contribution in [3.8, 4) is 0 Å². The second kappa shape index (κ2) is 6.77. The summed E-state index contributed by atoms with van der Waals surface area (Å²) in [5.74, 6) is 0.396. The minimum atomic E-state index is -0.388. The van der Waals surface area contributed by atoms with Crippen LogP contribution in [0.15, 0.2) is 0 Å². The molecule has 2 amide bonds. The maximum Gasteiger partial charge on any atom is 0.245 e. The molecule has 5 heteroatoms. The van der Waals surface area contributed by atoms with Crippen molar-refractivity contribution < 1.29 is 14.3 Å². The van der Waals surface area contributed by atoms with E-state index in [2.05, 4.69) is 26.1 Å². The Balaban J connectivity index is 2.08. The molecule has 0 radical (unpaired) electrons. The first kappa shape index (κ1) is 16.3. The van der Waals surface area contributed by atoms with Gasteiger partial charge in [-0.05, 0) is 39.0 Å². The van der Waals surface area contributed by atoms with Gasteiger partial charge in [-0.2, -0.15) is 0 Å². The Kier molecular flexibility index (Phi) is 5.25. The quantitative estimate of drug-likeness (QED) is 0.859. The van der Waals surface area contributed by atoms with Gasteiger partial charge in [-0.15, -0.1) is 0 Å². The van der Waals surface area contributed by atoms with Gasteiger partial charge < -0.3 is 15.0 Å². The topological polar surface area (TPSA) is 58.6 Å². The van der Waals surface area contributed by atoms with Gasteiger partial charge in [0.25, 0.3) is 0 Å². The summed E-state index contributed by atoms with van der Waals surface area (Å²) in [4.78, 5) is 26.6. The van der Waals surface area contributed by atoms with Gasteiger partial charge in [-0.25, -0.2) is 0 Å². The zero-order valence-corrected chi connectivity index (χ0v) is 13.6. The summed E-state index contributed by atoms with van der Waals surface area (Å²) in [5, 5.41) is 2.88. The Morgan fingerprint density at radius 3 is 2.57 bits per heavy atom. The molecule has 2 heterocycles. The third kappa shape index (κ3) is 4.19. The molecule has 2 saturated heterocycles. The van der Waals surface area contributed by atoms with E-state index in [9.17, 15) is 9.59 Å². The van der Waals surface area contributed by atoms with E-state index < -0.39 is 0 Å². The van der Waals surface area contributed by atoms with Crippen molar-refractivity contribution in [1.82, 2.24) is 10.2 Å². The number of nitrogens with one attached hydrogen (secondary N) is 1. The summed E-state index contributed by atoms with van der Waals surface area (Å²) in [5.41, 5.74) is 0. The zero-order valence-electron chi connectivity index (χ0n) is 13.6. The van der Waals surface area contributed by atoms with Gasteiger partial charge in [-0.3, -0.25) is 9.59 Å². The third-order valence-corrected chi connectivity index (χ3v) is 4.36. The summed E-state index contributed by atoms with van der Waals surface area (Å²) >= 11 is 0. The molecule has 2 fully saturated rings. The summed E-state index contributed by atoms with van der Waals surface area (Å²) in [7, 11) is 0. The molecule has 0 aromatic heterocycles. The van der Waals surface area contributed by atoms with Crippen LogP contribution in [0, 0.1) is 5.92 Å². The van der Waals surface area contributed by atoms with E-state index in [1.54, 1.807) is 0 Å². The summed E-state index contributed by atoms with van der Waals surface area (Å²) in [6.07, 6.45) is 3.50. The van der Waals surface area contributed by atoms with Crippen LogP contribution in [0.4, 0.5) is 0 Å². The first-order valence-electron chi connectivity index (χ1n) is 8.12. The molecule has 0 bridgehead atoms. The lowest BCUT2D eigenvalue weighted by atomic mass is 10.0. The molecule has 0 aromatic rings. The van der Waals surface area contributed by atoms with Crippen LogP contribution in [0.3, 0.4) is 0 Å². The number of ether oxygens (including phenoxy) is 1. The average Bonchev–Trinajstić information content (AvgIpc) is 2.75. The van der Waals surface area contributed by atoms with E-state index in [0.29, 0.717) is 25.3 Å². The molecule has 4 unspecified atom stereocenters. The lowest BCUT2D eigenvalue weighted by Crippen LogP contribution is -2.49. The van der Waals surface area contributed by atoms with E-state index in [1.165, 1.54) is 0 Å². The van der Waals surface area contributed by atoms with Crippen LogP contribution in [0.1, 0.15) is 53.4 Å². The lowest BCUT2D eigenvalue weighted by molar-refractivity contribution is -0.137. The van der Waals surface area contributed by atoms with E-state index in [0.717, 1.165) is 12.8 Å². The van der Waals surface area contributed by atoms with Crippen LogP contribution in [0.5, 0.6) is 0 Å². The van der Waals surface area contributed by atoms with E-state index in [-0.39, 0.29) is 36.1 Å². The van der Waals surface area contributed by atoms with Crippen molar-refractivity contribution >= 4 is 11.8 Å². The summed E-state index contributed by atoms with van der Waals surface area (Å²) < 4.78 is 5.85. The fourth-order valence-corrected chi connectivity index (χ4v) is 3.25. The predicted octanol–water partition coefficient (Wildman–Crippen LogP) is 1.71. The molecular weight excluding hydrogens is 268 g/mol. The fourth-order valence-electron chi connectivity index (χ4n) is 3.25. The van der Waals surface area contributed by atoms with Gasteiger partial charge in [0.15, 0.2) is 0 Å². The predicted molar refractivity (Wildman–Crippen MR) is 80.7 cm³/mol. The van der Waals surface area contributed by atoms with Crippen LogP contribution in [0.2, 0.25) is 0 Å². The maximum absolute atomic E-state index is 12.8. The Bertz CT molecular complexity index is 397. The normalized spacial score (nSPS) is 34.2. The number of hydrogen-bond acceptors (Lipinski definition) is 3. The van der Waals surface area contributed by atoms with Crippen molar-refractivity contribution in [2.45, 2.75) is 77.7 Å². The minimum absolute atomic E-state index is 0.0234. The highest BCUT2D eigenvalue weighted by Gasteiger charge is 2.36. The monoisotopic (exact) mass is 296 g/mol. The Hall–Kier alpha value is -1.10. The van der Waals surface area contributed by atoms with Crippen LogP contribution < -0.4 is 5.32 Å². The Morgan fingerprint density at radius 1 is 1.29 bits per heavy atom. The number of nitrogens with zero attached hydrogens (tertiary/aromatic N) is 1. The highest BCUT2D eigenvalue weighted by Crippen LogP contribution is 2.23. The minimum Gasteiger partial charge on any atom is -0.373 e. The summed E-state index contributed by atoms with van der Waals surface area (Å²) in [6, 6.07) is -0.449.